The first-order valence-electron chi connectivity index (χ1n) is 10.1. The number of halogens is 2. The number of hydrogen-bond donors (Lipinski definition) is 1. The van der Waals surface area contributed by atoms with Crippen molar-refractivity contribution in [3.05, 3.63) is 70.5 Å². The zero-order valence-corrected chi connectivity index (χ0v) is 16.9. The minimum absolute atomic E-state index is 0.0565. The first-order chi connectivity index (χ1) is 14.0. The molecule has 1 aliphatic heterocycles. The second-order valence-electron chi connectivity index (χ2n) is 7.96. The van der Waals surface area contributed by atoms with Crippen LogP contribution in [0.15, 0.2) is 48.5 Å². The summed E-state index contributed by atoms with van der Waals surface area (Å²) in [7, 11) is 0. The predicted molar refractivity (Wildman–Crippen MR) is 110 cm³/mol. The average Bonchev–Trinajstić information content (AvgIpc) is 2.69. The van der Waals surface area contributed by atoms with Gasteiger partial charge in [-0.3, -0.25) is 9.59 Å². The van der Waals surface area contributed by atoms with E-state index in [1.54, 1.807) is 12.1 Å². The summed E-state index contributed by atoms with van der Waals surface area (Å²) in [5.41, 5.74) is 0.656. The minimum Gasteiger partial charge on any atom is -0.349 e. The van der Waals surface area contributed by atoms with Crippen molar-refractivity contribution in [2.75, 3.05) is 13.1 Å². The average molecular weight is 415 g/mol. The monoisotopic (exact) mass is 414 g/mol. The Balaban J connectivity index is 1.38. The maximum Gasteiger partial charge on any atom is 0.254 e. The Morgan fingerprint density at radius 3 is 2.28 bits per heavy atom. The SMILES string of the molecule is O=C(NC1CCN(C(=O)C2(c3ccc(Cl)cc3)CCC2)CC1)c1ccccc1F. The summed E-state index contributed by atoms with van der Waals surface area (Å²) in [5, 5.41) is 3.58. The molecule has 0 unspecified atom stereocenters. The van der Waals surface area contributed by atoms with Gasteiger partial charge in [-0.2, -0.15) is 0 Å². The molecule has 1 saturated heterocycles. The third kappa shape index (κ3) is 3.88. The van der Waals surface area contributed by atoms with Gasteiger partial charge in [-0.15, -0.1) is 0 Å². The first kappa shape index (κ1) is 19.9. The maximum atomic E-state index is 13.8. The Morgan fingerprint density at radius 1 is 1.03 bits per heavy atom. The molecule has 4 nitrogen and oxygen atoms in total. The molecule has 152 valence electrons. The standard InChI is InChI=1S/C23H24ClFN2O2/c24-17-8-6-16(7-9-17)23(12-3-13-23)22(29)27-14-10-18(11-15-27)26-21(28)19-4-1-2-5-20(19)25/h1-2,4-9,18H,3,10-15H2,(H,26,28). The molecule has 1 saturated carbocycles. The molecule has 0 bridgehead atoms. The summed E-state index contributed by atoms with van der Waals surface area (Å²) in [6.45, 7) is 1.19. The van der Waals surface area contributed by atoms with Crippen molar-refractivity contribution in [1.29, 1.82) is 0 Å². The van der Waals surface area contributed by atoms with E-state index in [0.29, 0.717) is 31.0 Å². The molecule has 1 aliphatic carbocycles. The lowest BCUT2D eigenvalue weighted by Gasteiger charge is -2.45. The van der Waals surface area contributed by atoms with Gasteiger partial charge in [0.2, 0.25) is 5.91 Å². The number of carbonyl (C=O) groups excluding carboxylic acids is 2. The van der Waals surface area contributed by atoms with Gasteiger partial charge < -0.3 is 10.2 Å². The lowest BCUT2D eigenvalue weighted by atomic mass is 9.63. The second kappa shape index (κ2) is 8.15. The van der Waals surface area contributed by atoms with E-state index in [4.69, 9.17) is 11.6 Å². The van der Waals surface area contributed by atoms with Crippen molar-refractivity contribution >= 4 is 23.4 Å². The fraction of sp³-hybridized carbons (Fsp3) is 0.391. The number of amides is 2. The normalized spacial score (nSPS) is 18.8. The number of piperidine rings is 1. The molecule has 0 spiro atoms. The Kier molecular flexibility index (Phi) is 5.59. The Hall–Kier alpha value is -2.40. The lowest BCUT2D eigenvalue weighted by molar-refractivity contribution is -0.142. The zero-order valence-electron chi connectivity index (χ0n) is 16.2. The van der Waals surface area contributed by atoms with Crippen LogP contribution in [0.1, 0.15) is 48.0 Å². The summed E-state index contributed by atoms with van der Waals surface area (Å²) in [5.74, 6) is -0.748. The van der Waals surface area contributed by atoms with Gasteiger partial charge in [-0.25, -0.2) is 4.39 Å². The third-order valence-electron chi connectivity index (χ3n) is 6.25. The van der Waals surface area contributed by atoms with Crippen LogP contribution in [0.3, 0.4) is 0 Å². The number of rotatable bonds is 4. The molecule has 4 rings (SSSR count). The number of hydrogen-bond acceptors (Lipinski definition) is 2. The molecule has 0 radical (unpaired) electrons. The highest BCUT2D eigenvalue weighted by Gasteiger charge is 2.48. The van der Waals surface area contributed by atoms with Crippen LogP contribution in [0.5, 0.6) is 0 Å². The van der Waals surface area contributed by atoms with Crippen LogP contribution in [0.25, 0.3) is 0 Å². The smallest absolute Gasteiger partial charge is 0.254 e. The number of nitrogens with one attached hydrogen (secondary N) is 1. The van der Waals surface area contributed by atoms with Gasteiger partial charge in [0.25, 0.3) is 5.91 Å². The van der Waals surface area contributed by atoms with Gasteiger partial charge in [0.15, 0.2) is 0 Å². The highest BCUT2D eigenvalue weighted by molar-refractivity contribution is 6.30. The lowest BCUT2D eigenvalue weighted by Crippen LogP contribution is -2.55. The fourth-order valence-electron chi connectivity index (χ4n) is 4.36. The Labute approximate surface area is 175 Å². The van der Waals surface area contributed by atoms with Crippen LogP contribution in [0.2, 0.25) is 5.02 Å². The molecule has 29 heavy (non-hydrogen) atoms. The summed E-state index contributed by atoms with van der Waals surface area (Å²) in [4.78, 5) is 27.6. The summed E-state index contributed by atoms with van der Waals surface area (Å²) >= 11 is 6.01. The molecule has 0 atom stereocenters. The molecule has 2 amide bonds. The van der Waals surface area contributed by atoms with Gasteiger partial charge in [0.05, 0.1) is 11.0 Å². The maximum absolute atomic E-state index is 13.8. The molecular formula is C23H24ClFN2O2. The molecular weight excluding hydrogens is 391 g/mol. The van der Waals surface area contributed by atoms with Crippen molar-refractivity contribution in [3.63, 3.8) is 0 Å². The van der Waals surface area contributed by atoms with E-state index in [0.717, 1.165) is 24.8 Å². The summed E-state index contributed by atoms with van der Waals surface area (Å²) in [6, 6.07) is 13.5. The van der Waals surface area contributed by atoms with Crippen LogP contribution in [-0.2, 0) is 10.2 Å². The van der Waals surface area contributed by atoms with Crippen molar-refractivity contribution in [3.8, 4) is 0 Å². The van der Waals surface area contributed by atoms with E-state index >= 15 is 0 Å². The van der Waals surface area contributed by atoms with Crippen molar-refractivity contribution in [2.45, 2.75) is 43.6 Å². The fourth-order valence-corrected chi connectivity index (χ4v) is 4.49. The van der Waals surface area contributed by atoms with E-state index in [1.165, 1.54) is 12.1 Å². The van der Waals surface area contributed by atoms with Crippen LogP contribution < -0.4 is 5.32 Å². The van der Waals surface area contributed by atoms with Gasteiger partial charge in [-0.1, -0.05) is 42.3 Å². The van der Waals surface area contributed by atoms with E-state index in [-0.39, 0.29) is 17.5 Å². The van der Waals surface area contributed by atoms with Crippen LogP contribution in [0.4, 0.5) is 4.39 Å². The minimum atomic E-state index is -0.521. The summed E-state index contributed by atoms with van der Waals surface area (Å²) in [6.07, 6.45) is 4.10. The Bertz CT molecular complexity index is 903. The van der Waals surface area contributed by atoms with E-state index in [9.17, 15) is 14.0 Å². The van der Waals surface area contributed by atoms with Crippen LogP contribution >= 0.6 is 11.6 Å². The summed E-state index contributed by atoms with van der Waals surface area (Å²) < 4.78 is 13.8. The third-order valence-corrected chi connectivity index (χ3v) is 6.50. The van der Waals surface area contributed by atoms with E-state index in [2.05, 4.69) is 5.32 Å². The predicted octanol–water partition coefficient (Wildman–Crippen LogP) is 4.32. The van der Waals surface area contributed by atoms with Gasteiger partial charge in [-0.05, 0) is 55.5 Å². The largest absolute Gasteiger partial charge is 0.349 e. The highest BCUT2D eigenvalue weighted by atomic mass is 35.5. The van der Waals surface area contributed by atoms with Crippen molar-refractivity contribution < 1.29 is 14.0 Å². The van der Waals surface area contributed by atoms with Gasteiger partial charge in [0, 0.05) is 24.2 Å². The topological polar surface area (TPSA) is 49.4 Å². The molecule has 2 fully saturated rings. The molecule has 2 aliphatic rings. The van der Waals surface area contributed by atoms with Crippen molar-refractivity contribution in [1.82, 2.24) is 10.2 Å². The quantitative estimate of drug-likeness (QED) is 0.809. The van der Waals surface area contributed by atoms with E-state index in [1.807, 2.05) is 29.2 Å². The van der Waals surface area contributed by atoms with E-state index < -0.39 is 17.1 Å². The number of carbonyl (C=O) groups is 2. The number of nitrogens with zero attached hydrogens (tertiary/aromatic N) is 1. The second-order valence-corrected chi connectivity index (χ2v) is 8.40. The number of benzene rings is 2. The Morgan fingerprint density at radius 2 is 1.69 bits per heavy atom. The van der Waals surface area contributed by atoms with Crippen LogP contribution in [0, 0.1) is 5.82 Å². The molecule has 2 aromatic rings. The number of likely N-dealkylation sites (tertiary alicyclic amines) is 1. The zero-order chi connectivity index (χ0) is 20.4. The van der Waals surface area contributed by atoms with Crippen LogP contribution in [-0.4, -0.2) is 35.8 Å². The molecule has 6 heteroatoms. The molecule has 1 heterocycles. The molecule has 1 N–H and O–H groups in total. The van der Waals surface area contributed by atoms with Gasteiger partial charge >= 0.3 is 0 Å². The highest BCUT2D eigenvalue weighted by Crippen LogP contribution is 2.45. The van der Waals surface area contributed by atoms with Gasteiger partial charge in [0.1, 0.15) is 5.82 Å². The molecule has 2 aromatic carbocycles. The van der Waals surface area contributed by atoms with Crippen molar-refractivity contribution in [2.24, 2.45) is 0 Å². The first-order valence-corrected chi connectivity index (χ1v) is 10.5. The molecule has 0 aromatic heterocycles.